The average molecular weight is 512 g/mol. The van der Waals surface area contributed by atoms with E-state index in [0.717, 1.165) is 4.90 Å². The standard InChI is InChI=1S/C31H29NO6/c1-5-37-29(35)26(24-18-12-6-8-14-20(18)27(33)21-15-9-7-13-19(21)24)25-22-16-10-11-17-23(22)32(28(25)34)30(36)38-31(2,3)4/h6-17,24-26H,5H2,1-4H3/t25-,26-/m0/s1. The van der Waals surface area contributed by atoms with Crippen LogP contribution in [0.3, 0.4) is 0 Å². The number of benzene rings is 3. The van der Waals surface area contributed by atoms with Crippen LogP contribution in [0, 0.1) is 5.92 Å². The monoisotopic (exact) mass is 511 g/mol. The number of anilines is 1. The van der Waals surface area contributed by atoms with E-state index in [1.54, 1.807) is 76.2 Å². The minimum Gasteiger partial charge on any atom is -0.466 e. The molecule has 0 aromatic heterocycles. The quantitative estimate of drug-likeness (QED) is 0.423. The lowest BCUT2D eigenvalue weighted by molar-refractivity contribution is -0.151. The van der Waals surface area contributed by atoms with E-state index in [1.807, 2.05) is 24.3 Å². The summed E-state index contributed by atoms with van der Waals surface area (Å²) in [5.41, 5.74) is 2.34. The summed E-state index contributed by atoms with van der Waals surface area (Å²) in [5.74, 6) is -3.99. The van der Waals surface area contributed by atoms with Crippen molar-refractivity contribution in [2.24, 2.45) is 5.92 Å². The van der Waals surface area contributed by atoms with Gasteiger partial charge in [0.05, 0.1) is 24.1 Å². The van der Waals surface area contributed by atoms with Crippen LogP contribution in [0.5, 0.6) is 0 Å². The van der Waals surface area contributed by atoms with Gasteiger partial charge in [-0.3, -0.25) is 14.4 Å². The van der Waals surface area contributed by atoms with Crippen molar-refractivity contribution in [2.45, 2.75) is 45.1 Å². The Labute approximate surface area is 221 Å². The molecule has 5 rings (SSSR count). The van der Waals surface area contributed by atoms with E-state index < -0.39 is 41.3 Å². The number of hydrogen-bond donors (Lipinski definition) is 0. The number of imide groups is 1. The van der Waals surface area contributed by atoms with Crippen molar-refractivity contribution in [3.05, 3.63) is 101 Å². The Bertz CT molecular complexity index is 1400. The van der Waals surface area contributed by atoms with E-state index in [2.05, 4.69) is 0 Å². The summed E-state index contributed by atoms with van der Waals surface area (Å²) in [6, 6.07) is 21.2. The molecule has 1 heterocycles. The highest BCUT2D eigenvalue weighted by Gasteiger charge is 2.53. The summed E-state index contributed by atoms with van der Waals surface area (Å²) in [5, 5.41) is 0. The number of nitrogens with zero attached hydrogens (tertiary/aromatic N) is 1. The molecule has 7 heteroatoms. The highest BCUT2D eigenvalue weighted by atomic mass is 16.6. The van der Waals surface area contributed by atoms with Crippen molar-refractivity contribution >= 4 is 29.4 Å². The Morgan fingerprint density at radius 2 is 1.34 bits per heavy atom. The van der Waals surface area contributed by atoms with Gasteiger partial charge in [0.1, 0.15) is 5.60 Å². The second-order valence-corrected chi connectivity index (χ2v) is 10.4. The molecule has 0 bridgehead atoms. The van der Waals surface area contributed by atoms with Gasteiger partial charge in [0.15, 0.2) is 5.78 Å². The molecular weight excluding hydrogens is 482 g/mol. The Balaban J connectivity index is 1.71. The summed E-state index contributed by atoms with van der Waals surface area (Å²) >= 11 is 0. The number of ketones is 1. The van der Waals surface area contributed by atoms with E-state index in [4.69, 9.17) is 9.47 Å². The molecule has 2 amide bonds. The molecule has 38 heavy (non-hydrogen) atoms. The maximum absolute atomic E-state index is 14.1. The molecule has 0 fully saturated rings. The van der Waals surface area contributed by atoms with Crippen LogP contribution in [-0.4, -0.2) is 36.0 Å². The highest BCUT2D eigenvalue weighted by Crippen LogP contribution is 2.51. The Morgan fingerprint density at radius 1 is 0.816 bits per heavy atom. The highest BCUT2D eigenvalue weighted by molar-refractivity contribution is 6.20. The number of amides is 2. The Kier molecular flexibility index (Phi) is 6.39. The number of fused-ring (bicyclic) bond motifs is 3. The van der Waals surface area contributed by atoms with Crippen LogP contribution < -0.4 is 4.90 Å². The third-order valence-electron chi connectivity index (χ3n) is 6.93. The predicted molar refractivity (Wildman–Crippen MR) is 141 cm³/mol. The number of ether oxygens (including phenoxy) is 2. The lowest BCUT2D eigenvalue weighted by atomic mass is 9.67. The van der Waals surface area contributed by atoms with Gasteiger partial charge in [0.25, 0.3) is 0 Å². The van der Waals surface area contributed by atoms with Crippen LogP contribution in [0.2, 0.25) is 0 Å². The van der Waals surface area contributed by atoms with Crippen molar-refractivity contribution < 1.29 is 28.7 Å². The van der Waals surface area contributed by atoms with Crippen LogP contribution in [0.15, 0.2) is 72.8 Å². The normalized spacial score (nSPS) is 17.4. The van der Waals surface area contributed by atoms with Crippen molar-refractivity contribution in [2.75, 3.05) is 11.5 Å². The van der Waals surface area contributed by atoms with Crippen molar-refractivity contribution in [3.63, 3.8) is 0 Å². The van der Waals surface area contributed by atoms with Crippen LogP contribution in [0.25, 0.3) is 0 Å². The average Bonchev–Trinajstić information content (AvgIpc) is 3.17. The fourth-order valence-corrected chi connectivity index (χ4v) is 5.54. The van der Waals surface area contributed by atoms with Crippen LogP contribution in [0.1, 0.15) is 72.1 Å². The molecule has 0 N–H and O–H groups in total. The smallest absolute Gasteiger partial charge is 0.421 e. The van der Waals surface area contributed by atoms with Gasteiger partial charge in [-0.25, -0.2) is 9.69 Å². The molecule has 1 aliphatic heterocycles. The number of carbonyl (C=O) groups excluding carboxylic acids is 4. The molecule has 2 aliphatic rings. The van der Waals surface area contributed by atoms with E-state index in [1.165, 1.54) is 0 Å². The molecule has 0 radical (unpaired) electrons. The summed E-state index contributed by atoms with van der Waals surface area (Å²) in [6.07, 6.45) is -0.806. The number of carbonyl (C=O) groups is 4. The fraction of sp³-hybridized carbons (Fsp3) is 0.290. The minimum atomic E-state index is -1.04. The lowest BCUT2D eigenvalue weighted by Gasteiger charge is -2.35. The van der Waals surface area contributed by atoms with Gasteiger partial charge in [-0.05, 0) is 50.5 Å². The van der Waals surface area contributed by atoms with E-state index in [0.29, 0.717) is 33.5 Å². The van der Waals surface area contributed by atoms with E-state index in [-0.39, 0.29) is 12.4 Å². The summed E-state index contributed by atoms with van der Waals surface area (Å²) in [7, 11) is 0. The van der Waals surface area contributed by atoms with Gasteiger partial charge in [-0.2, -0.15) is 0 Å². The van der Waals surface area contributed by atoms with Crippen LogP contribution >= 0.6 is 0 Å². The Hall–Kier alpha value is -4.26. The predicted octanol–water partition coefficient (Wildman–Crippen LogP) is 5.61. The molecule has 1 aliphatic carbocycles. The zero-order valence-electron chi connectivity index (χ0n) is 21.8. The number of esters is 1. The van der Waals surface area contributed by atoms with E-state index in [9.17, 15) is 19.2 Å². The van der Waals surface area contributed by atoms with Crippen molar-refractivity contribution in [3.8, 4) is 0 Å². The van der Waals surface area contributed by atoms with Gasteiger partial charge in [-0.1, -0.05) is 66.7 Å². The zero-order valence-corrected chi connectivity index (χ0v) is 21.8. The maximum atomic E-state index is 14.1. The second-order valence-electron chi connectivity index (χ2n) is 10.4. The first-order chi connectivity index (χ1) is 18.1. The summed E-state index contributed by atoms with van der Waals surface area (Å²) < 4.78 is 11.1. The second kappa shape index (κ2) is 9.56. The lowest BCUT2D eigenvalue weighted by Crippen LogP contribution is -2.43. The molecule has 0 saturated carbocycles. The molecule has 0 unspecified atom stereocenters. The van der Waals surface area contributed by atoms with Crippen molar-refractivity contribution in [1.82, 2.24) is 0 Å². The number of para-hydroxylation sites is 1. The topological polar surface area (TPSA) is 90.0 Å². The first-order valence-corrected chi connectivity index (χ1v) is 12.7. The number of hydrogen-bond acceptors (Lipinski definition) is 6. The van der Waals surface area contributed by atoms with Gasteiger partial charge in [0.2, 0.25) is 5.91 Å². The van der Waals surface area contributed by atoms with Crippen LogP contribution in [0.4, 0.5) is 10.5 Å². The maximum Gasteiger partial charge on any atom is 0.421 e. The molecule has 0 saturated heterocycles. The van der Waals surface area contributed by atoms with E-state index >= 15 is 0 Å². The summed E-state index contributed by atoms with van der Waals surface area (Å²) in [6.45, 7) is 7.00. The minimum absolute atomic E-state index is 0.114. The third kappa shape index (κ3) is 4.18. The zero-order chi connectivity index (χ0) is 27.2. The van der Waals surface area contributed by atoms with Gasteiger partial charge >= 0.3 is 12.1 Å². The van der Waals surface area contributed by atoms with Crippen molar-refractivity contribution in [1.29, 1.82) is 0 Å². The Morgan fingerprint density at radius 3 is 1.89 bits per heavy atom. The molecule has 7 nitrogen and oxygen atoms in total. The molecule has 0 spiro atoms. The molecule has 194 valence electrons. The molecule has 3 aromatic carbocycles. The summed E-state index contributed by atoms with van der Waals surface area (Å²) in [4.78, 5) is 55.5. The fourth-order valence-electron chi connectivity index (χ4n) is 5.54. The largest absolute Gasteiger partial charge is 0.466 e. The first-order valence-electron chi connectivity index (χ1n) is 12.7. The van der Waals surface area contributed by atoms with Crippen LogP contribution in [-0.2, 0) is 19.1 Å². The molecular formula is C31H29NO6. The van der Waals surface area contributed by atoms with Gasteiger partial charge < -0.3 is 9.47 Å². The third-order valence-corrected chi connectivity index (χ3v) is 6.93. The SMILES string of the molecule is CCOC(=O)[C@@H](C1c2ccccc2C(=O)c2ccccc21)[C@H]1C(=O)N(C(=O)OC(C)(C)C)c2ccccc21. The first kappa shape index (κ1) is 25.4. The molecule has 3 aromatic rings. The molecule has 2 atom stereocenters. The number of rotatable bonds is 4. The van der Waals surface area contributed by atoms with Gasteiger partial charge in [-0.15, -0.1) is 0 Å². The van der Waals surface area contributed by atoms with Gasteiger partial charge in [0, 0.05) is 17.0 Å².